The van der Waals surface area contributed by atoms with Crippen molar-refractivity contribution in [1.29, 1.82) is 0 Å². The normalized spacial score (nSPS) is 14.6. The van der Waals surface area contributed by atoms with Crippen molar-refractivity contribution in [3.8, 4) is 17.4 Å². The Morgan fingerprint density at radius 2 is 1.81 bits per heavy atom. The van der Waals surface area contributed by atoms with Crippen LogP contribution in [-0.2, 0) is 4.79 Å². The molecule has 1 unspecified atom stereocenters. The summed E-state index contributed by atoms with van der Waals surface area (Å²) in [7, 11) is 0. The second kappa shape index (κ2) is 11.4. The van der Waals surface area contributed by atoms with E-state index in [-0.39, 0.29) is 5.91 Å². The number of aryl methyl sites for hydroxylation is 1. The van der Waals surface area contributed by atoms with Crippen LogP contribution in [0.5, 0.6) is 17.4 Å². The molecule has 3 rings (SSSR count). The molecule has 2 aromatic rings. The highest BCUT2D eigenvalue weighted by Crippen LogP contribution is 2.21. The average molecular weight is 429 g/mol. The van der Waals surface area contributed by atoms with Crippen molar-refractivity contribution >= 4 is 11.7 Å². The van der Waals surface area contributed by atoms with Crippen molar-refractivity contribution in [3.05, 3.63) is 36.2 Å². The van der Waals surface area contributed by atoms with Crippen LogP contribution in [0.4, 0.5) is 5.82 Å². The molecule has 1 aliphatic rings. The van der Waals surface area contributed by atoms with Crippen LogP contribution < -0.4 is 24.4 Å². The third kappa shape index (κ3) is 7.01. The topological polar surface area (TPSA) is 85.8 Å². The van der Waals surface area contributed by atoms with Gasteiger partial charge >= 0.3 is 0 Å². The zero-order valence-corrected chi connectivity index (χ0v) is 18.6. The van der Waals surface area contributed by atoms with Crippen LogP contribution in [0.15, 0.2) is 30.3 Å². The number of carbonyl (C=O) groups is 1. The van der Waals surface area contributed by atoms with E-state index in [2.05, 4.69) is 20.2 Å². The lowest BCUT2D eigenvalue weighted by Gasteiger charge is -2.28. The van der Waals surface area contributed by atoms with E-state index in [9.17, 15) is 4.79 Å². The minimum absolute atomic E-state index is 0.203. The lowest BCUT2D eigenvalue weighted by Crippen LogP contribution is -2.38. The summed E-state index contributed by atoms with van der Waals surface area (Å²) in [6, 6.07) is 9.08. The van der Waals surface area contributed by atoms with Crippen molar-refractivity contribution in [2.24, 2.45) is 0 Å². The smallest absolute Gasteiger partial charge is 0.260 e. The summed E-state index contributed by atoms with van der Waals surface area (Å²) in [5, 5.41) is 2.83. The molecule has 1 aromatic carbocycles. The molecule has 0 saturated carbocycles. The first-order chi connectivity index (χ1) is 15.0. The quantitative estimate of drug-likeness (QED) is 0.582. The lowest BCUT2D eigenvalue weighted by atomic mass is 10.1. The SMILES string of the molecule is CCOc1ccc(OC(C)C(=O)NCCOc2cc(N3CCCCC3)nc(C)n2)cc1. The molecule has 1 N–H and O–H groups in total. The number of anilines is 1. The first-order valence-corrected chi connectivity index (χ1v) is 11.0. The van der Waals surface area contributed by atoms with Crippen LogP contribution >= 0.6 is 0 Å². The summed E-state index contributed by atoms with van der Waals surface area (Å²) in [6.07, 6.45) is 3.01. The predicted molar refractivity (Wildman–Crippen MR) is 119 cm³/mol. The van der Waals surface area contributed by atoms with E-state index in [0.717, 1.165) is 24.7 Å². The highest BCUT2D eigenvalue weighted by atomic mass is 16.5. The van der Waals surface area contributed by atoms with Gasteiger partial charge in [-0.15, -0.1) is 0 Å². The Hall–Kier alpha value is -3.03. The van der Waals surface area contributed by atoms with Crippen LogP contribution in [0, 0.1) is 6.92 Å². The maximum absolute atomic E-state index is 12.3. The third-order valence-electron chi connectivity index (χ3n) is 4.95. The molecule has 168 valence electrons. The molecule has 8 heteroatoms. The maximum atomic E-state index is 12.3. The van der Waals surface area contributed by atoms with Crippen LogP contribution in [0.2, 0.25) is 0 Å². The molecule has 1 amide bonds. The molecule has 0 bridgehead atoms. The number of amides is 1. The molecular weight excluding hydrogens is 396 g/mol. The number of nitrogens with zero attached hydrogens (tertiary/aromatic N) is 3. The van der Waals surface area contributed by atoms with Gasteiger partial charge in [-0.25, -0.2) is 4.98 Å². The van der Waals surface area contributed by atoms with Crippen molar-refractivity contribution in [1.82, 2.24) is 15.3 Å². The fourth-order valence-corrected chi connectivity index (χ4v) is 3.40. The molecule has 2 heterocycles. The summed E-state index contributed by atoms with van der Waals surface area (Å²) in [5.74, 6) is 3.30. The van der Waals surface area contributed by atoms with Gasteiger partial charge in [-0.2, -0.15) is 4.98 Å². The number of benzene rings is 1. The summed E-state index contributed by atoms with van der Waals surface area (Å²) in [6.45, 7) is 8.81. The van der Waals surface area contributed by atoms with E-state index in [1.54, 1.807) is 19.1 Å². The van der Waals surface area contributed by atoms with E-state index in [1.807, 2.05) is 32.0 Å². The minimum Gasteiger partial charge on any atom is -0.494 e. The van der Waals surface area contributed by atoms with Gasteiger partial charge in [-0.05, 0) is 64.3 Å². The monoisotopic (exact) mass is 428 g/mol. The number of carbonyl (C=O) groups excluding carboxylic acids is 1. The fourth-order valence-electron chi connectivity index (χ4n) is 3.40. The van der Waals surface area contributed by atoms with Gasteiger partial charge in [-0.3, -0.25) is 4.79 Å². The summed E-state index contributed by atoms with van der Waals surface area (Å²) >= 11 is 0. The largest absolute Gasteiger partial charge is 0.494 e. The number of hydrogen-bond acceptors (Lipinski definition) is 7. The van der Waals surface area contributed by atoms with E-state index < -0.39 is 6.10 Å². The molecule has 0 spiro atoms. The number of nitrogens with one attached hydrogen (secondary N) is 1. The molecule has 1 atom stereocenters. The molecule has 0 aliphatic carbocycles. The Morgan fingerprint density at radius 3 is 2.52 bits per heavy atom. The Kier molecular flexibility index (Phi) is 8.32. The molecule has 8 nitrogen and oxygen atoms in total. The molecule has 31 heavy (non-hydrogen) atoms. The molecule has 1 saturated heterocycles. The first-order valence-electron chi connectivity index (χ1n) is 11.0. The number of piperidine rings is 1. The first kappa shape index (κ1) is 22.7. The van der Waals surface area contributed by atoms with Crippen molar-refractivity contribution in [3.63, 3.8) is 0 Å². The van der Waals surface area contributed by atoms with Crippen LogP contribution in [0.1, 0.15) is 38.9 Å². The van der Waals surface area contributed by atoms with Crippen LogP contribution in [-0.4, -0.2) is 54.8 Å². The lowest BCUT2D eigenvalue weighted by molar-refractivity contribution is -0.127. The molecule has 1 fully saturated rings. The highest BCUT2D eigenvalue weighted by molar-refractivity contribution is 5.80. The summed E-state index contributed by atoms with van der Waals surface area (Å²) in [5.41, 5.74) is 0. The average Bonchev–Trinajstić information content (AvgIpc) is 2.78. The molecule has 1 aliphatic heterocycles. The fraction of sp³-hybridized carbons (Fsp3) is 0.522. The molecule has 1 aromatic heterocycles. The zero-order chi connectivity index (χ0) is 22.1. The molecule has 0 radical (unpaired) electrons. The Morgan fingerprint density at radius 1 is 1.10 bits per heavy atom. The third-order valence-corrected chi connectivity index (χ3v) is 4.95. The van der Waals surface area contributed by atoms with E-state index in [1.165, 1.54) is 19.3 Å². The maximum Gasteiger partial charge on any atom is 0.260 e. The molecular formula is C23H32N4O4. The van der Waals surface area contributed by atoms with Gasteiger partial charge in [0.2, 0.25) is 5.88 Å². The predicted octanol–water partition coefficient (Wildman–Crippen LogP) is 3.14. The number of aromatic nitrogens is 2. The van der Waals surface area contributed by atoms with E-state index in [4.69, 9.17) is 14.2 Å². The van der Waals surface area contributed by atoms with Gasteiger partial charge < -0.3 is 24.4 Å². The van der Waals surface area contributed by atoms with Crippen molar-refractivity contribution in [2.45, 2.75) is 46.1 Å². The van der Waals surface area contributed by atoms with Crippen molar-refractivity contribution in [2.75, 3.05) is 37.7 Å². The van der Waals surface area contributed by atoms with Gasteiger partial charge in [0, 0.05) is 19.2 Å². The van der Waals surface area contributed by atoms with E-state index in [0.29, 0.717) is 37.2 Å². The standard InChI is InChI=1S/C23H32N4O4/c1-4-29-19-8-10-20(11-9-19)31-17(2)23(28)24-12-15-30-22-16-21(25-18(3)26-22)27-13-6-5-7-14-27/h8-11,16-17H,4-7,12-15H2,1-3H3,(H,24,28). The van der Waals surface area contributed by atoms with Gasteiger partial charge in [0.15, 0.2) is 6.10 Å². The Labute approximate surface area is 183 Å². The van der Waals surface area contributed by atoms with E-state index >= 15 is 0 Å². The number of hydrogen-bond donors (Lipinski definition) is 1. The van der Waals surface area contributed by atoms with Gasteiger partial charge in [0.1, 0.15) is 29.7 Å². The Bertz CT molecular complexity index is 838. The summed E-state index contributed by atoms with van der Waals surface area (Å²) in [4.78, 5) is 23.4. The highest BCUT2D eigenvalue weighted by Gasteiger charge is 2.16. The second-order valence-corrected chi connectivity index (χ2v) is 7.46. The van der Waals surface area contributed by atoms with Crippen LogP contribution in [0.25, 0.3) is 0 Å². The number of rotatable bonds is 10. The second-order valence-electron chi connectivity index (χ2n) is 7.46. The van der Waals surface area contributed by atoms with Crippen LogP contribution in [0.3, 0.4) is 0 Å². The zero-order valence-electron chi connectivity index (χ0n) is 18.6. The number of ether oxygens (including phenoxy) is 3. The summed E-state index contributed by atoms with van der Waals surface area (Å²) < 4.78 is 16.8. The van der Waals surface area contributed by atoms with Gasteiger partial charge in [-0.1, -0.05) is 0 Å². The Balaban J connectivity index is 1.42. The van der Waals surface area contributed by atoms with Gasteiger partial charge in [0.25, 0.3) is 5.91 Å². The minimum atomic E-state index is -0.620. The van der Waals surface area contributed by atoms with Crippen molar-refractivity contribution < 1.29 is 19.0 Å². The van der Waals surface area contributed by atoms with Gasteiger partial charge in [0.05, 0.1) is 13.2 Å².